The van der Waals surface area contributed by atoms with Gasteiger partial charge in [-0.3, -0.25) is 4.79 Å². The van der Waals surface area contributed by atoms with Crippen molar-refractivity contribution in [3.63, 3.8) is 0 Å². The lowest BCUT2D eigenvalue weighted by molar-refractivity contribution is -0.116. The van der Waals surface area contributed by atoms with Gasteiger partial charge in [0.2, 0.25) is 5.91 Å². The minimum atomic E-state index is 0.103. The summed E-state index contributed by atoms with van der Waals surface area (Å²) in [5.41, 5.74) is 3.20. The van der Waals surface area contributed by atoms with Crippen LogP contribution in [-0.2, 0) is 17.8 Å². The number of anilines is 1. The summed E-state index contributed by atoms with van der Waals surface area (Å²) in [6.45, 7) is 5.44. The molecule has 1 aliphatic heterocycles. The number of nitrogens with zero attached hydrogens (tertiary/aromatic N) is 4. The highest BCUT2D eigenvalue weighted by Crippen LogP contribution is 2.30. The molecule has 0 fully saturated rings. The average Bonchev–Trinajstić information content (AvgIpc) is 3.36. The monoisotopic (exact) mass is 368 g/mol. The minimum absolute atomic E-state index is 0.103. The van der Waals surface area contributed by atoms with Crippen molar-refractivity contribution in [1.82, 2.24) is 14.8 Å². The van der Waals surface area contributed by atoms with Gasteiger partial charge in [0.05, 0.1) is 17.6 Å². The van der Waals surface area contributed by atoms with Gasteiger partial charge in [-0.2, -0.15) is 0 Å². The molecule has 0 radical (unpaired) electrons. The summed E-state index contributed by atoms with van der Waals surface area (Å²) in [4.78, 5) is 14.6. The highest BCUT2D eigenvalue weighted by atomic mass is 32.2. The van der Waals surface area contributed by atoms with Crippen molar-refractivity contribution in [3.8, 4) is 11.4 Å². The molecular formula is C19H20N4O2S. The second kappa shape index (κ2) is 6.99. The smallest absolute Gasteiger partial charge is 0.237 e. The predicted molar refractivity (Wildman–Crippen MR) is 101 cm³/mol. The number of benzene rings is 1. The second-order valence-electron chi connectivity index (χ2n) is 6.15. The van der Waals surface area contributed by atoms with E-state index in [9.17, 15) is 4.79 Å². The van der Waals surface area contributed by atoms with Gasteiger partial charge in [-0.15, -0.1) is 10.2 Å². The van der Waals surface area contributed by atoms with E-state index in [1.54, 1.807) is 6.26 Å². The maximum atomic E-state index is 12.7. The van der Waals surface area contributed by atoms with Gasteiger partial charge in [-0.25, -0.2) is 0 Å². The van der Waals surface area contributed by atoms with Crippen molar-refractivity contribution < 1.29 is 9.21 Å². The van der Waals surface area contributed by atoms with E-state index in [1.807, 2.05) is 47.6 Å². The molecule has 6 nitrogen and oxygen atoms in total. The number of aryl methyl sites for hydroxylation is 1. The molecule has 2 aromatic heterocycles. The maximum absolute atomic E-state index is 12.7. The molecule has 0 unspecified atom stereocenters. The van der Waals surface area contributed by atoms with Gasteiger partial charge in [0.1, 0.15) is 5.76 Å². The molecule has 0 aliphatic carbocycles. The number of aromatic nitrogens is 3. The lowest BCUT2D eigenvalue weighted by Gasteiger charge is -2.17. The number of carbonyl (C=O) groups excluding carboxylic acids is 1. The van der Waals surface area contributed by atoms with Gasteiger partial charge in [-0.05, 0) is 38.0 Å². The molecule has 7 heteroatoms. The van der Waals surface area contributed by atoms with Crippen molar-refractivity contribution in [3.05, 3.63) is 47.9 Å². The van der Waals surface area contributed by atoms with Gasteiger partial charge >= 0.3 is 0 Å². The van der Waals surface area contributed by atoms with Crippen molar-refractivity contribution in [2.24, 2.45) is 0 Å². The third kappa shape index (κ3) is 2.92. The summed E-state index contributed by atoms with van der Waals surface area (Å²) in [5, 5.41) is 9.35. The fourth-order valence-electron chi connectivity index (χ4n) is 3.30. The van der Waals surface area contributed by atoms with Crippen LogP contribution in [0, 0.1) is 6.92 Å². The molecule has 26 heavy (non-hydrogen) atoms. The van der Waals surface area contributed by atoms with E-state index in [1.165, 1.54) is 17.3 Å². The number of hydrogen-bond donors (Lipinski definition) is 0. The van der Waals surface area contributed by atoms with Gasteiger partial charge in [0.15, 0.2) is 11.0 Å². The van der Waals surface area contributed by atoms with Crippen molar-refractivity contribution in [1.29, 1.82) is 0 Å². The zero-order chi connectivity index (χ0) is 18.1. The Kier molecular flexibility index (Phi) is 4.55. The van der Waals surface area contributed by atoms with Crippen LogP contribution in [0.4, 0.5) is 5.69 Å². The molecule has 134 valence electrons. The molecule has 0 saturated heterocycles. The van der Waals surface area contributed by atoms with Crippen LogP contribution in [0.3, 0.4) is 0 Å². The summed E-state index contributed by atoms with van der Waals surface area (Å²) in [6, 6.07) is 9.99. The molecule has 4 rings (SSSR count). The Bertz CT molecular complexity index is 947. The number of amides is 1. The highest BCUT2D eigenvalue weighted by molar-refractivity contribution is 7.99. The molecule has 0 bridgehead atoms. The quantitative estimate of drug-likeness (QED) is 0.645. The van der Waals surface area contributed by atoms with Crippen molar-refractivity contribution in [2.45, 2.75) is 32.0 Å². The first-order valence-electron chi connectivity index (χ1n) is 8.67. The van der Waals surface area contributed by atoms with Crippen molar-refractivity contribution >= 4 is 23.4 Å². The number of fused-ring (bicyclic) bond motifs is 1. The summed E-state index contributed by atoms with van der Waals surface area (Å²) in [5.74, 6) is 2.04. The average molecular weight is 368 g/mol. The van der Waals surface area contributed by atoms with E-state index in [0.717, 1.165) is 47.5 Å². The fraction of sp³-hybridized carbons (Fsp3) is 0.316. The van der Waals surface area contributed by atoms with E-state index >= 15 is 0 Å². The third-order valence-electron chi connectivity index (χ3n) is 4.65. The first-order valence-corrected chi connectivity index (χ1v) is 9.66. The van der Waals surface area contributed by atoms with Crippen LogP contribution in [0.25, 0.3) is 11.4 Å². The Hall–Kier alpha value is -2.54. The third-order valence-corrected chi connectivity index (χ3v) is 5.60. The molecule has 1 aliphatic rings. The summed E-state index contributed by atoms with van der Waals surface area (Å²) in [7, 11) is 0. The Labute approximate surface area is 156 Å². The van der Waals surface area contributed by atoms with Crippen LogP contribution in [0.2, 0.25) is 0 Å². The SMILES string of the molecule is CCn1c(SCC(=O)N2CCc3ccccc32)nnc1-c1ccoc1C. The molecule has 0 saturated carbocycles. The van der Waals surface area contributed by atoms with Crippen LogP contribution in [0.1, 0.15) is 18.2 Å². The number of carbonyl (C=O) groups is 1. The van der Waals surface area contributed by atoms with Crippen LogP contribution in [0.15, 0.2) is 46.2 Å². The van der Waals surface area contributed by atoms with E-state index in [0.29, 0.717) is 5.75 Å². The predicted octanol–water partition coefficient (Wildman–Crippen LogP) is 3.55. The topological polar surface area (TPSA) is 64.2 Å². The summed E-state index contributed by atoms with van der Waals surface area (Å²) < 4.78 is 7.40. The number of hydrogen-bond acceptors (Lipinski definition) is 5. The lowest BCUT2D eigenvalue weighted by Crippen LogP contribution is -2.30. The molecule has 1 aromatic carbocycles. The van der Waals surface area contributed by atoms with E-state index in [2.05, 4.69) is 16.3 Å². The first-order chi connectivity index (χ1) is 12.7. The maximum Gasteiger partial charge on any atom is 0.237 e. The molecule has 0 atom stereocenters. The van der Waals surface area contributed by atoms with Gasteiger partial charge < -0.3 is 13.9 Å². The Morgan fingerprint density at radius 1 is 1.27 bits per heavy atom. The van der Waals surface area contributed by atoms with E-state index in [-0.39, 0.29) is 5.91 Å². The lowest BCUT2D eigenvalue weighted by atomic mass is 10.2. The fourth-order valence-corrected chi connectivity index (χ4v) is 4.18. The zero-order valence-corrected chi connectivity index (χ0v) is 15.6. The Morgan fingerprint density at radius 2 is 2.12 bits per heavy atom. The summed E-state index contributed by atoms with van der Waals surface area (Å²) in [6.07, 6.45) is 2.57. The largest absolute Gasteiger partial charge is 0.469 e. The molecule has 3 aromatic rings. The van der Waals surface area contributed by atoms with E-state index in [4.69, 9.17) is 4.42 Å². The van der Waals surface area contributed by atoms with Crippen LogP contribution in [-0.4, -0.2) is 33.0 Å². The number of para-hydroxylation sites is 1. The Balaban J connectivity index is 1.50. The summed E-state index contributed by atoms with van der Waals surface area (Å²) >= 11 is 1.43. The number of furan rings is 1. The van der Waals surface area contributed by atoms with Gasteiger partial charge in [-0.1, -0.05) is 30.0 Å². The Morgan fingerprint density at radius 3 is 2.88 bits per heavy atom. The highest BCUT2D eigenvalue weighted by Gasteiger charge is 2.25. The van der Waals surface area contributed by atoms with Crippen LogP contribution >= 0.6 is 11.8 Å². The standard InChI is InChI=1S/C19H20N4O2S/c1-3-22-18(15-9-11-25-13(15)2)20-21-19(22)26-12-17(24)23-10-8-14-6-4-5-7-16(14)23/h4-7,9,11H,3,8,10,12H2,1-2H3. The second-order valence-corrected chi connectivity index (χ2v) is 7.10. The first kappa shape index (κ1) is 16.9. The number of rotatable bonds is 5. The van der Waals surface area contributed by atoms with Crippen LogP contribution < -0.4 is 4.90 Å². The zero-order valence-electron chi connectivity index (χ0n) is 14.8. The minimum Gasteiger partial charge on any atom is -0.469 e. The molecule has 3 heterocycles. The van der Waals surface area contributed by atoms with Crippen LogP contribution in [0.5, 0.6) is 0 Å². The van der Waals surface area contributed by atoms with Gasteiger partial charge in [0, 0.05) is 18.8 Å². The molecular weight excluding hydrogens is 348 g/mol. The van der Waals surface area contributed by atoms with Gasteiger partial charge in [0.25, 0.3) is 0 Å². The van der Waals surface area contributed by atoms with E-state index < -0.39 is 0 Å². The molecule has 0 spiro atoms. The molecule has 0 N–H and O–H groups in total. The van der Waals surface area contributed by atoms with Crippen molar-refractivity contribution in [2.75, 3.05) is 17.2 Å². The number of thioether (sulfide) groups is 1. The normalized spacial score (nSPS) is 13.2. The molecule has 1 amide bonds.